The number of rotatable bonds is 7. The first kappa shape index (κ1) is 19.7. The molecule has 0 aliphatic carbocycles. The molecule has 0 aromatic heterocycles. The zero-order valence-electron chi connectivity index (χ0n) is 14.9. The van der Waals surface area contributed by atoms with Gasteiger partial charge in [0.05, 0.1) is 18.1 Å². The second kappa shape index (κ2) is 8.20. The van der Waals surface area contributed by atoms with Gasteiger partial charge in [0.15, 0.2) is 11.5 Å². The van der Waals surface area contributed by atoms with Gasteiger partial charge in [-0.2, -0.15) is 0 Å². The number of hydrogen-bond donors (Lipinski definition) is 2. The summed E-state index contributed by atoms with van der Waals surface area (Å²) in [4.78, 5) is 12.5. The Hall–Kier alpha value is -2.58. The number of aryl methyl sites for hydroxylation is 1. The molecule has 2 aromatic carbocycles. The Kier molecular flexibility index (Phi) is 6.23. The maximum Gasteiger partial charge on any atom is 0.255 e. The van der Waals surface area contributed by atoms with E-state index in [0.29, 0.717) is 41.5 Å². The van der Waals surface area contributed by atoms with Crippen LogP contribution in [0.3, 0.4) is 0 Å². The molecule has 0 spiro atoms. The first-order valence-electron chi connectivity index (χ1n) is 8.10. The number of amides is 1. The van der Waals surface area contributed by atoms with Gasteiger partial charge in [0.25, 0.3) is 5.91 Å². The summed E-state index contributed by atoms with van der Waals surface area (Å²) in [5.41, 5.74) is 1.19. The molecule has 1 amide bonds. The second-order valence-corrected chi connectivity index (χ2v) is 7.04. The summed E-state index contributed by atoms with van der Waals surface area (Å²) in [6.07, 6.45) is 0. The summed E-state index contributed by atoms with van der Waals surface area (Å²) < 4.78 is 34.2. The van der Waals surface area contributed by atoms with E-state index in [1.54, 1.807) is 37.3 Å². The largest absolute Gasteiger partial charge is 0.490 e. The van der Waals surface area contributed by atoms with Crippen LogP contribution in [-0.4, -0.2) is 27.5 Å². The van der Waals surface area contributed by atoms with Gasteiger partial charge in [-0.1, -0.05) is 6.07 Å². The van der Waals surface area contributed by atoms with E-state index in [9.17, 15) is 13.2 Å². The molecule has 0 radical (unpaired) electrons. The van der Waals surface area contributed by atoms with Crippen molar-refractivity contribution in [3.63, 3.8) is 0 Å². The van der Waals surface area contributed by atoms with Gasteiger partial charge in [0, 0.05) is 11.3 Å². The minimum atomic E-state index is -3.87. The van der Waals surface area contributed by atoms with Crippen LogP contribution in [0.25, 0.3) is 0 Å². The molecular weight excluding hydrogens is 356 g/mol. The van der Waals surface area contributed by atoms with E-state index in [2.05, 4.69) is 5.32 Å². The van der Waals surface area contributed by atoms with Crippen molar-refractivity contribution >= 4 is 21.6 Å². The van der Waals surface area contributed by atoms with Crippen molar-refractivity contribution in [1.82, 2.24) is 0 Å². The molecular formula is C18H22N2O5S. The van der Waals surface area contributed by atoms with E-state index in [4.69, 9.17) is 14.6 Å². The van der Waals surface area contributed by atoms with E-state index < -0.39 is 15.9 Å². The molecule has 0 bridgehead atoms. The van der Waals surface area contributed by atoms with Crippen molar-refractivity contribution in [1.29, 1.82) is 0 Å². The standard InChI is InChI=1S/C18H22N2O5S/c1-4-24-15-9-7-13(10-16(15)25-5-2)18(21)20-14-8-6-12(3)17(11-14)26(19,22)23/h6-11H,4-5H2,1-3H3,(H,20,21)(H2,19,22,23). The maximum atomic E-state index is 12.5. The Morgan fingerprint density at radius 2 is 1.69 bits per heavy atom. The van der Waals surface area contributed by atoms with Gasteiger partial charge < -0.3 is 14.8 Å². The van der Waals surface area contributed by atoms with Crippen molar-refractivity contribution < 1.29 is 22.7 Å². The van der Waals surface area contributed by atoms with Crippen LogP contribution in [0, 0.1) is 6.92 Å². The van der Waals surface area contributed by atoms with Gasteiger partial charge in [0.2, 0.25) is 10.0 Å². The summed E-state index contributed by atoms with van der Waals surface area (Å²) in [5, 5.41) is 7.86. The van der Waals surface area contributed by atoms with E-state index in [-0.39, 0.29) is 4.90 Å². The predicted octanol–water partition coefficient (Wildman–Crippen LogP) is 2.69. The highest BCUT2D eigenvalue weighted by Gasteiger charge is 2.15. The maximum absolute atomic E-state index is 12.5. The molecule has 0 atom stereocenters. The van der Waals surface area contributed by atoms with Crippen LogP contribution in [0.2, 0.25) is 0 Å². The SMILES string of the molecule is CCOc1ccc(C(=O)Nc2ccc(C)c(S(N)(=O)=O)c2)cc1OCC. The molecule has 8 heteroatoms. The Balaban J connectivity index is 2.29. The zero-order chi connectivity index (χ0) is 19.3. The number of anilines is 1. The highest BCUT2D eigenvalue weighted by Crippen LogP contribution is 2.29. The summed E-state index contributed by atoms with van der Waals surface area (Å²) in [5.74, 6) is 0.618. The third kappa shape index (κ3) is 4.74. The van der Waals surface area contributed by atoms with Crippen LogP contribution >= 0.6 is 0 Å². The zero-order valence-corrected chi connectivity index (χ0v) is 15.7. The highest BCUT2D eigenvalue weighted by molar-refractivity contribution is 7.89. The van der Waals surface area contributed by atoms with Crippen LogP contribution < -0.4 is 19.9 Å². The number of nitrogens with two attached hydrogens (primary N) is 1. The monoisotopic (exact) mass is 378 g/mol. The molecule has 0 saturated carbocycles. The number of nitrogens with one attached hydrogen (secondary N) is 1. The average Bonchev–Trinajstić information content (AvgIpc) is 2.57. The normalized spacial score (nSPS) is 11.1. The van der Waals surface area contributed by atoms with Gasteiger partial charge in [-0.25, -0.2) is 13.6 Å². The smallest absolute Gasteiger partial charge is 0.255 e. The van der Waals surface area contributed by atoms with Gasteiger partial charge in [-0.3, -0.25) is 4.79 Å². The van der Waals surface area contributed by atoms with Crippen LogP contribution in [0.1, 0.15) is 29.8 Å². The number of carbonyl (C=O) groups is 1. The van der Waals surface area contributed by atoms with E-state index >= 15 is 0 Å². The quantitative estimate of drug-likeness (QED) is 0.770. The summed E-state index contributed by atoms with van der Waals surface area (Å²) in [6.45, 7) is 6.23. The third-order valence-corrected chi connectivity index (χ3v) is 4.61. The lowest BCUT2D eigenvalue weighted by Crippen LogP contribution is -2.16. The number of hydrogen-bond acceptors (Lipinski definition) is 5. The van der Waals surface area contributed by atoms with Crippen molar-refractivity contribution in [2.45, 2.75) is 25.7 Å². The van der Waals surface area contributed by atoms with Gasteiger partial charge >= 0.3 is 0 Å². The van der Waals surface area contributed by atoms with Gasteiger partial charge in [0.1, 0.15) is 0 Å². The number of sulfonamides is 1. The third-order valence-electron chi connectivity index (χ3n) is 3.56. The molecule has 0 saturated heterocycles. The van der Waals surface area contributed by atoms with Crippen LogP contribution in [0.15, 0.2) is 41.3 Å². The number of carbonyl (C=O) groups excluding carboxylic acids is 1. The molecule has 26 heavy (non-hydrogen) atoms. The Morgan fingerprint density at radius 3 is 2.31 bits per heavy atom. The Bertz CT molecular complexity index is 910. The molecule has 0 unspecified atom stereocenters. The van der Waals surface area contributed by atoms with E-state index in [1.165, 1.54) is 6.07 Å². The molecule has 7 nitrogen and oxygen atoms in total. The Morgan fingerprint density at radius 1 is 1.04 bits per heavy atom. The van der Waals surface area contributed by atoms with Crippen LogP contribution in [-0.2, 0) is 10.0 Å². The molecule has 140 valence electrons. The fourth-order valence-electron chi connectivity index (χ4n) is 2.38. The number of benzene rings is 2. The van der Waals surface area contributed by atoms with Crippen LogP contribution in [0.5, 0.6) is 11.5 Å². The van der Waals surface area contributed by atoms with E-state index in [1.807, 2.05) is 13.8 Å². The number of ether oxygens (including phenoxy) is 2. The highest BCUT2D eigenvalue weighted by atomic mass is 32.2. The molecule has 0 aliphatic heterocycles. The van der Waals surface area contributed by atoms with Crippen molar-refractivity contribution in [2.24, 2.45) is 5.14 Å². The first-order valence-corrected chi connectivity index (χ1v) is 9.65. The topological polar surface area (TPSA) is 108 Å². The van der Waals surface area contributed by atoms with Crippen molar-refractivity contribution in [3.8, 4) is 11.5 Å². The summed E-state index contributed by atoms with van der Waals surface area (Å²) in [6, 6.07) is 9.38. The van der Waals surface area contributed by atoms with Crippen LogP contribution in [0.4, 0.5) is 5.69 Å². The van der Waals surface area contributed by atoms with Crippen molar-refractivity contribution in [2.75, 3.05) is 18.5 Å². The second-order valence-electron chi connectivity index (χ2n) is 5.51. The lowest BCUT2D eigenvalue weighted by molar-refractivity contribution is 0.102. The fourth-order valence-corrected chi connectivity index (χ4v) is 3.19. The molecule has 0 heterocycles. The predicted molar refractivity (Wildman–Crippen MR) is 99.3 cm³/mol. The average molecular weight is 378 g/mol. The van der Waals surface area contributed by atoms with E-state index in [0.717, 1.165) is 0 Å². The minimum Gasteiger partial charge on any atom is -0.490 e. The molecule has 2 aromatic rings. The molecule has 0 fully saturated rings. The lowest BCUT2D eigenvalue weighted by atomic mass is 10.1. The Labute approximate surface area is 153 Å². The number of primary sulfonamides is 1. The van der Waals surface area contributed by atoms with Crippen molar-refractivity contribution in [3.05, 3.63) is 47.5 Å². The molecule has 2 rings (SSSR count). The first-order chi connectivity index (χ1) is 12.3. The van der Waals surface area contributed by atoms with Gasteiger partial charge in [-0.05, 0) is 56.7 Å². The fraction of sp³-hybridized carbons (Fsp3) is 0.278. The van der Waals surface area contributed by atoms with Gasteiger partial charge in [-0.15, -0.1) is 0 Å². The lowest BCUT2D eigenvalue weighted by Gasteiger charge is -2.13. The molecule has 3 N–H and O–H groups in total. The molecule has 0 aliphatic rings. The minimum absolute atomic E-state index is 0.0306. The summed E-state index contributed by atoms with van der Waals surface area (Å²) in [7, 11) is -3.87. The summed E-state index contributed by atoms with van der Waals surface area (Å²) >= 11 is 0.